The second-order valence-electron chi connectivity index (χ2n) is 5.90. The highest BCUT2D eigenvalue weighted by Crippen LogP contribution is 2.26. The Morgan fingerprint density at radius 2 is 1.68 bits per heavy atom. The lowest BCUT2D eigenvalue weighted by Crippen LogP contribution is -2.38. The zero-order valence-corrected chi connectivity index (χ0v) is 13.6. The molecule has 0 aromatic heterocycles. The first kappa shape index (κ1) is 16.8. The number of rotatable bonds is 5. The van der Waals surface area contributed by atoms with Crippen LogP contribution in [0.15, 0.2) is 29.2 Å². The first-order valence-corrected chi connectivity index (χ1v) is 8.80. The van der Waals surface area contributed by atoms with Crippen molar-refractivity contribution in [2.45, 2.75) is 36.6 Å². The number of anilines is 1. The number of sulfonamides is 1. The number of benzene rings is 1. The van der Waals surface area contributed by atoms with Gasteiger partial charge in [-0.25, -0.2) is 13.1 Å². The summed E-state index contributed by atoms with van der Waals surface area (Å²) in [6.45, 7) is 0. The molecule has 1 fully saturated rings. The minimum Gasteiger partial charge on any atom is -0.481 e. The van der Waals surface area contributed by atoms with Gasteiger partial charge in [0.15, 0.2) is 0 Å². The van der Waals surface area contributed by atoms with Crippen LogP contribution in [0.3, 0.4) is 0 Å². The molecule has 0 atom stereocenters. The number of aliphatic carboxylic acids is 1. The van der Waals surface area contributed by atoms with Crippen LogP contribution in [0.5, 0.6) is 0 Å². The molecule has 0 amide bonds. The maximum atomic E-state index is 12.4. The third-order valence-electron chi connectivity index (χ3n) is 4.06. The molecular formula is C15H22N2O4S. The molecule has 0 unspecified atom stereocenters. The number of nitrogens with zero attached hydrogens (tertiary/aromatic N) is 1. The summed E-state index contributed by atoms with van der Waals surface area (Å²) in [6.07, 6.45) is 2.15. The molecule has 0 saturated heterocycles. The van der Waals surface area contributed by atoms with Crippen LogP contribution in [0.1, 0.15) is 25.7 Å². The second-order valence-corrected chi connectivity index (χ2v) is 7.61. The third kappa shape index (κ3) is 3.98. The van der Waals surface area contributed by atoms with Crippen molar-refractivity contribution >= 4 is 21.7 Å². The molecule has 1 aromatic carbocycles. The monoisotopic (exact) mass is 326 g/mol. The number of carboxylic acids is 1. The highest BCUT2D eigenvalue weighted by Gasteiger charge is 2.28. The molecule has 1 aliphatic carbocycles. The highest BCUT2D eigenvalue weighted by atomic mass is 32.2. The van der Waals surface area contributed by atoms with Crippen LogP contribution in [0.4, 0.5) is 5.69 Å². The first-order chi connectivity index (χ1) is 10.3. The lowest BCUT2D eigenvalue weighted by atomic mass is 9.87. The zero-order chi connectivity index (χ0) is 16.3. The normalized spacial score (nSPS) is 22.3. The van der Waals surface area contributed by atoms with Gasteiger partial charge in [-0.3, -0.25) is 4.79 Å². The predicted octanol–water partition coefficient (Wildman–Crippen LogP) is 1.67. The molecule has 0 spiro atoms. The smallest absolute Gasteiger partial charge is 0.306 e. The third-order valence-corrected chi connectivity index (χ3v) is 5.60. The van der Waals surface area contributed by atoms with Gasteiger partial charge in [-0.15, -0.1) is 0 Å². The van der Waals surface area contributed by atoms with Gasteiger partial charge in [0.2, 0.25) is 10.0 Å². The first-order valence-electron chi connectivity index (χ1n) is 7.32. The Bertz CT molecular complexity index is 617. The van der Waals surface area contributed by atoms with Crippen molar-refractivity contribution < 1.29 is 18.3 Å². The van der Waals surface area contributed by atoms with Crippen molar-refractivity contribution in [3.8, 4) is 0 Å². The molecule has 1 aliphatic rings. The van der Waals surface area contributed by atoms with E-state index < -0.39 is 16.0 Å². The number of carbonyl (C=O) groups is 1. The van der Waals surface area contributed by atoms with Gasteiger partial charge in [0.05, 0.1) is 10.8 Å². The SMILES string of the molecule is CN(C)c1ccc(S(=O)(=O)NC2CCC(C(=O)O)CC2)cc1. The number of nitrogens with one attached hydrogen (secondary N) is 1. The molecule has 2 N–H and O–H groups in total. The van der Waals surface area contributed by atoms with Crippen molar-refractivity contribution in [3.05, 3.63) is 24.3 Å². The summed E-state index contributed by atoms with van der Waals surface area (Å²) < 4.78 is 27.4. The summed E-state index contributed by atoms with van der Waals surface area (Å²) in [4.78, 5) is 13.0. The summed E-state index contributed by atoms with van der Waals surface area (Å²) in [6, 6.07) is 6.50. The maximum Gasteiger partial charge on any atom is 0.306 e. The molecule has 122 valence electrons. The van der Waals surface area contributed by atoms with Crippen molar-refractivity contribution in [1.82, 2.24) is 4.72 Å². The van der Waals surface area contributed by atoms with Crippen LogP contribution < -0.4 is 9.62 Å². The zero-order valence-electron chi connectivity index (χ0n) is 12.8. The minimum atomic E-state index is -3.56. The predicted molar refractivity (Wildman–Crippen MR) is 84.5 cm³/mol. The molecule has 7 heteroatoms. The van der Waals surface area contributed by atoms with Crippen LogP contribution in [0.2, 0.25) is 0 Å². The Morgan fingerprint density at radius 1 is 1.14 bits per heavy atom. The molecule has 22 heavy (non-hydrogen) atoms. The quantitative estimate of drug-likeness (QED) is 0.859. The molecule has 0 aliphatic heterocycles. The Hall–Kier alpha value is -1.60. The Labute approximate surface area is 131 Å². The van der Waals surface area contributed by atoms with Crippen molar-refractivity contribution in [2.75, 3.05) is 19.0 Å². The Kier molecular flexibility index (Phi) is 5.08. The van der Waals surface area contributed by atoms with Crippen molar-refractivity contribution in [3.63, 3.8) is 0 Å². The van der Waals surface area contributed by atoms with Gasteiger partial charge in [0.1, 0.15) is 0 Å². The van der Waals surface area contributed by atoms with Gasteiger partial charge in [-0.2, -0.15) is 0 Å². The van der Waals surface area contributed by atoms with Gasteiger partial charge in [0, 0.05) is 25.8 Å². The minimum absolute atomic E-state index is 0.186. The van der Waals surface area contributed by atoms with E-state index in [4.69, 9.17) is 5.11 Å². The van der Waals surface area contributed by atoms with E-state index in [2.05, 4.69) is 4.72 Å². The lowest BCUT2D eigenvalue weighted by molar-refractivity contribution is -0.142. The molecule has 1 saturated carbocycles. The standard InChI is InChI=1S/C15H22N2O4S/c1-17(2)13-7-9-14(10-8-13)22(20,21)16-12-5-3-11(4-6-12)15(18)19/h7-12,16H,3-6H2,1-2H3,(H,18,19). The fourth-order valence-electron chi connectivity index (χ4n) is 2.67. The average molecular weight is 326 g/mol. The summed E-state index contributed by atoms with van der Waals surface area (Å²) in [5.41, 5.74) is 0.931. The van der Waals surface area contributed by atoms with E-state index in [1.807, 2.05) is 19.0 Å². The summed E-state index contributed by atoms with van der Waals surface area (Å²) in [7, 11) is 0.227. The van der Waals surface area contributed by atoms with Gasteiger partial charge in [-0.1, -0.05) is 0 Å². The number of hydrogen-bond acceptors (Lipinski definition) is 4. The van der Waals surface area contributed by atoms with Gasteiger partial charge >= 0.3 is 5.97 Å². The van der Waals surface area contributed by atoms with Crippen molar-refractivity contribution in [1.29, 1.82) is 0 Å². The Morgan fingerprint density at radius 3 is 2.14 bits per heavy atom. The fourth-order valence-corrected chi connectivity index (χ4v) is 3.97. The topological polar surface area (TPSA) is 86.7 Å². The van der Waals surface area contributed by atoms with Crippen LogP contribution in [-0.4, -0.2) is 39.6 Å². The van der Waals surface area contributed by atoms with E-state index in [1.165, 1.54) is 0 Å². The second kappa shape index (κ2) is 6.66. The van der Waals surface area contributed by atoms with E-state index in [0.717, 1.165) is 5.69 Å². The van der Waals surface area contributed by atoms with E-state index in [0.29, 0.717) is 25.7 Å². The van der Waals surface area contributed by atoms with Gasteiger partial charge in [-0.05, 0) is 49.9 Å². The summed E-state index contributed by atoms with van der Waals surface area (Å²) in [5, 5.41) is 8.96. The molecular weight excluding hydrogens is 304 g/mol. The Balaban J connectivity index is 2.01. The highest BCUT2D eigenvalue weighted by molar-refractivity contribution is 7.89. The van der Waals surface area contributed by atoms with E-state index >= 15 is 0 Å². The van der Waals surface area contributed by atoms with Crippen molar-refractivity contribution in [2.24, 2.45) is 5.92 Å². The number of hydrogen-bond donors (Lipinski definition) is 2. The molecule has 0 heterocycles. The molecule has 0 radical (unpaired) electrons. The van der Waals surface area contributed by atoms with E-state index in [9.17, 15) is 13.2 Å². The molecule has 0 bridgehead atoms. The average Bonchev–Trinajstić information content (AvgIpc) is 2.47. The van der Waals surface area contributed by atoms with E-state index in [-0.39, 0.29) is 16.9 Å². The van der Waals surface area contributed by atoms with E-state index in [1.54, 1.807) is 24.3 Å². The lowest BCUT2D eigenvalue weighted by Gasteiger charge is -2.26. The molecule has 6 nitrogen and oxygen atoms in total. The van der Waals surface area contributed by atoms with Crippen LogP contribution >= 0.6 is 0 Å². The van der Waals surface area contributed by atoms with Crippen LogP contribution in [0.25, 0.3) is 0 Å². The summed E-state index contributed by atoms with van der Waals surface area (Å²) in [5.74, 6) is -1.14. The largest absolute Gasteiger partial charge is 0.481 e. The maximum absolute atomic E-state index is 12.4. The van der Waals surface area contributed by atoms with Crippen LogP contribution in [0, 0.1) is 5.92 Å². The fraction of sp³-hybridized carbons (Fsp3) is 0.533. The summed E-state index contributed by atoms with van der Waals surface area (Å²) >= 11 is 0. The molecule has 2 rings (SSSR count). The van der Waals surface area contributed by atoms with Crippen LogP contribution in [-0.2, 0) is 14.8 Å². The van der Waals surface area contributed by atoms with Gasteiger partial charge < -0.3 is 10.0 Å². The van der Waals surface area contributed by atoms with Gasteiger partial charge in [0.25, 0.3) is 0 Å². The molecule has 1 aromatic rings. The number of carboxylic acid groups (broad SMARTS) is 1.